The summed E-state index contributed by atoms with van der Waals surface area (Å²) in [6, 6.07) is 12.3. The zero-order valence-electron chi connectivity index (χ0n) is 13.6. The topological polar surface area (TPSA) is 28.4 Å². The zero-order valence-corrected chi connectivity index (χ0v) is 14.4. The monoisotopic (exact) mass is 326 g/mol. The van der Waals surface area contributed by atoms with E-state index in [1.54, 1.807) is 0 Å². The molecule has 0 saturated carbocycles. The molecule has 0 fully saturated rings. The molecule has 1 N–H and O–H groups in total. The number of aromatic nitrogens is 1. The van der Waals surface area contributed by atoms with Gasteiger partial charge in [-0.3, -0.25) is 0 Å². The van der Waals surface area contributed by atoms with E-state index in [1.807, 2.05) is 41.7 Å². The summed E-state index contributed by atoms with van der Waals surface area (Å²) in [6.45, 7) is 4.90. The van der Waals surface area contributed by atoms with Gasteiger partial charge in [0.1, 0.15) is 0 Å². The van der Waals surface area contributed by atoms with E-state index in [-0.39, 0.29) is 0 Å². The minimum atomic E-state index is -0.462. The number of aliphatic hydroxyl groups is 1. The van der Waals surface area contributed by atoms with Gasteiger partial charge in [0.05, 0.1) is 22.9 Å². The molecule has 4 rings (SSSR count). The lowest BCUT2D eigenvalue weighted by Gasteiger charge is -2.25. The number of benzene rings is 1. The van der Waals surface area contributed by atoms with Crippen molar-refractivity contribution < 1.29 is 5.11 Å². The number of thiophene rings is 1. The van der Waals surface area contributed by atoms with Gasteiger partial charge in [-0.15, -0.1) is 11.3 Å². The lowest BCUT2D eigenvalue weighted by molar-refractivity contribution is 0.156. The molecule has 4 heteroatoms. The molecule has 2 aromatic heterocycles. The van der Waals surface area contributed by atoms with Gasteiger partial charge < -0.3 is 14.6 Å². The average molecular weight is 326 g/mol. The fraction of sp³-hybridized carbons (Fsp3) is 0.368. The number of hydrogen-bond acceptors (Lipinski definition) is 3. The van der Waals surface area contributed by atoms with Crippen LogP contribution in [0.4, 0.5) is 0 Å². The van der Waals surface area contributed by atoms with Crippen molar-refractivity contribution in [2.24, 2.45) is 0 Å². The van der Waals surface area contributed by atoms with Crippen molar-refractivity contribution in [2.45, 2.75) is 32.5 Å². The number of aliphatic hydroxyl groups excluding tert-OH is 1. The standard InChI is InChI=1S/C19H22N2OS/c1-13-10-17-19(23-13)15-11-20(2)9-8-16(15)21(17)12-18(22)14-6-4-3-5-7-14/h3-7,10,18,22H,8-9,11-12H2,1-2H3. The van der Waals surface area contributed by atoms with E-state index in [4.69, 9.17) is 0 Å². The second kappa shape index (κ2) is 5.78. The van der Waals surface area contributed by atoms with E-state index in [1.165, 1.54) is 26.4 Å². The predicted molar refractivity (Wildman–Crippen MR) is 96.0 cm³/mol. The van der Waals surface area contributed by atoms with Crippen LogP contribution >= 0.6 is 11.3 Å². The van der Waals surface area contributed by atoms with Gasteiger partial charge in [-0.1, -0.05) is 30.3 Å². The van der Waals surface area contributed by atoms with Gasteiger partial charge in [0, 0.05) is 35.6 Å². The summed E-state index contributed by atoms with van der Waals surface area (Å²) in [5.74, 6) is 0. The maximum atomic E-state index is 10.7. The second-order valence-corrected chi connectivity index (χ2v) is 7.78. The molecule has 0 saturated heterocycles. The van der Waals surface area contributed by atoms with Crippen molar-refractivity contribution >= 4 is 21.6 Å². The summed E-state index contributed by atoms with van der Waals surface area (Å²) in [5, 5.41) is 10.7. The molecule has 0 radical (unpaired) electrons. The predicted octanol–water partition coefficient (Wildman–Crippen LogP) is 3.73. The smallest absolute Gasteiger partial charge is 0.0969 e. The van der Waals surface area contributed by atoms with Crippen LogP contribution in [0.5, 0.6) is 0 Å². The third-order valence-corrected chi connectivity index (χ3v) is 5.87. The van der Waals surface area contributed by atoms with Crippen LogP contribution in [-0.4, -0.2) is 28.2 Å². The van der Waals surface area contributed by atoms with E-state index in [9.17, 15) is 5.11 Å². The lowest BCUT2D eigenvalue weighted by Crippen LogP contribution is -2.27. The Morgan fingerprint density at radius 1 is 1.26 bits per heavy atom. The van der Waals surface area contributed by atoms with Crippen molar-refractivity contribution in [1.29, 1.82) is 0 Å². The Bertz CT molecular complexity index is 834. The quantitative estimate of drug-likeness (QED) is 0.794. The summed E-state index contributed by atoms with van der Waals surface area (Å²) in [4.78, 5) is 3.73. The summed E-state index contributed by atoms with van der Waals surface area (Å²) < 4.78 is 3.77. The maximum absolute atomic E-state index is 10.7. The average Bonchev–Trinajstić information content (AvgIpc) is 3.05. The first kappa shape index (κ1) is 14.9. The molecule has 3 nitrogen and oxygen atoms in total. The van der Waals surface area contributed by atoms with E-state index >= 15 is 0 Å². The largest absolute Gasteiger partial charge is 0.387 e. The third kappa shape index (κ3) is 2.61. The molecule has 1 aliphatic rings. The van der Waals surface area contributed by atoms with Crippen LogP contribution in [0, 0.1) is 6.92 Å². The van der Waals surface area contributed by atoms with Crippen LogP contribution < -0.4 is 0 Å². The Morgan fingerprint density at radius 3 is 2.83 bits per heavy atom. The molecule has 0 aliphatic carbocycles. The molecule has 3 aromatic rings. The van der Waals surface area contributed by atoms with Crippen LogP contribution in [0.2, 0.25) is 0 Å². The normalized spacial score (nSPS) is 16.7. The van der Waals surface area contributed by atoms with Crippen LogP contribution in [-0.2, 0) is 19.5 Å². The molecule has 23 heavy (non-hydrogen) atoms. The van der Waals surface area contributed by atoms with Crippen molar-refractivity contribution in [1.82, 2.24) is 9.47 Å². The molecule has 1 aliphatic heterocycles. The molecular formula is C19H22N2OS. The summed E-state index contributed by atoms with van der Waals surface area (Å²) in [7, 11) is 2.19. The van der Waals surface area contributed by atoms with E-state index in [2.05, 4.69) is 29.5 Å². The van der Waals surface area contributed by atoms with E-state index in [0.29, 0.717) is 6.54 Å². The fourth-order valence-electron chi connectivity index (χ4n) is 3.61. The molecule has 0 spiro atoms. The number of aryl methyl sites for hydroxylation is 1. The SMILES string of the molecule is Cc1cc2c(s1)c1c(n2CC(O)c2ccccc2)CCN(C)C1. The highest BCUT2D eigenvalue weighted by Crippen LogP contribution is 2.37. The molecule has 1 unspecified atom stereocenters. The minimum absolute atomic E-state index is 0.462. The van der Waals surface area contributed by atoms with Crippen molar-refractivity contribution in [3.05, 3.63) is 58.1 Å². The fourth-order valence-corrected chi connectivity index (χ4v) is 4.69. The maximum Gasteiger partial charge on any atom is 0.0969 e. The number of fused-ring (bicyclic) bond motifs is 3. The molecule has 0 amide bonds. The van der Waals surface area contributed by atoms with Crippen molar-refractivity contribution in [2.75, 3.05) is 13.6 Å². The van der Waals surface area contributed by atoms with Gasteiger partial charge in [-0.2, -0.15) is 0 Å². The Labute approximate surface area is 140 Å². The highest BCUT2D eigenvalue weighted by molar-refractivity contribution is 7.19. The van der Waals surface area contributed by atoms with Gasteiger partial charge >= 0.3 is 0 Å². The molecule has 1 atom stereocenters. The van der Waals surface area contributed by atoms with E-state index < -0.39 is 6.10 Å². The van der Waals surface area contributed by atoms with Gasteiger partial charge in [-0.05, 0) is 25.6 Å². The zero-order chi connectivity index (χ0) is 16.0. The van der Waals surface area contributed by atoms with Crippen LogP contribution in [0.3, 0.4) is 0 Å². The first-order chi connectivity index (χ1) is 11.1. The van der Waals surface area contributed by atoms with E-state index in [0.717, 1.165) is 25.1 Å². The molecular weight excluding hydrogens is 304 g/mol. The molecule has 1 aromatic carbocycles. The highest BCUT2D eigenvalue weighted by atomic mass is 32.1. The summed E-state index contributed by atoms with van der Waals surface area (Å²) >= 11 is 1.88. The highest BCUT2D eigenvalue weighted by Gasteiger charge is 2.25. The Balaban J connectivity index is 1.77. The first-order valence-electron chi connectivity index (χ1n) is 8.15. The molecule has 0 bridgehead atoms. The van der Waals surface area contributed by atoms with Gasteiger partial charge in [-0.25, -0.2) is 0 Å². The van der Waals surface area contributed by atoms with Gasteiger partial charge in [0.25, 0.3) is 0 Å². The number of nitrogens with zero attached hydrogens (tertiary/aromatic N) is 2. The Kier molecular flexibility index (Phi) is 3.76. The Morgan fingerprint density at radius 2 is 2.04 bits per heavy atom. The van der Waals surface area contributed by atoms with Gasteiger partial charge in [0.2, 0.25) is 0 Å². The second-order valence-electron chi connectivity index (χ2n) is 6.52. The lowest BCUT2D eigenvalue weighted by atomic mass is 10.1. The molecule has 120 valence electrons. The summed E-state index contributed by atoms with van der Waals surface area (Å²) in [6.07, 6.45) is 0.601. The minimum Gasteiger partial charge on any atom is -0.387 e. The molecule has 3 heterocycles. The van der Waals surface area contributed by atoms with Gasteiger partial charge in [0.15, 0.2) is 0 Å². The number of hydrogen-bond donors (Lipinski definition) is 1. The van der Waals surface area contributed by atoms with Crippen LogP contribution in [0.15, 0.2) is 36.4 Å². The third-order valence-electron chi connectivity index (χ3n) is 4.77. The van der Waals surface area contributed by atoms with Crippen molar-refractivity contribution in [3.8, 4) is 0 Å². The Hall–Kier alpha value is -1.62. The summed E-state index contributed by atoms with van der Waals surface area (Å²) in [5.41, 5.74) is 5.16. The van der Waals surface area contributed by atoms with Crippen molar-refractivity contribution in [3.63, 3.8) is 0 Å². The van der Waals surface area contributed by atoms with Crippen LogP contribution in [0.1, 0.15) is 27.8 Å². The first-order valence-corrected chi connectivity index (χ1v) is 8.97. The van der Waals surface area contributed by atoms with Crippen LogP contribution in [0.25, 0.3) is 10.2 Å². The number of rotatable bonds is 3. The number of likely N-dealkylation sites (N-methyl/N-ethyl adjacent to an activating group) is 1.